The van der Waals surface area contributed by atoms with E-state index in [1.165, 1.54) is 18.2 Å². The monoisotopic (exact) mass is 195 g/mol. The van der Waals surface area contributed by atoms with Crippen molar-refractivity contribution >= 4 is 11.7 Å². The van der Waals surface area contributed by atoms with Gasteiger partial charge < -0.3 is 10.1 Å². The summed E-state index contributed by atoms with van der Waals surface area (Å²) < 4.78 is 17.9. The normalized spacial score (nSPS) is 18.1. The SMILES string of the molecule is CC1(C)Nc2cc(F)ccc2OC1=O. The minimum Gasteiger partial charge on any atom is -0.423 e. The van der Waals surface area contributed by atoms with E-state index in [-0.39, 0.29) is 11.8 Å². The third-order valence-corrected chi connectivity index (χ3v) is 2.10. The lowest BCUT2D eigenvalue weighted by atomic mass is 10.0. The number of rotatable bonds is 0. The minimum atomic E-state index is -0.805. The van der Waals surface area contributed by atoms with Crippen molar-refractivity contribution in [3.8, 4) is 5.75 Å². The van der Waals surface area contributed by atoms with Gasteiger partial charge in [0.05, 0.1) is 5.69 Å². The van der Waals surface area contributed by atoms with Crippen LogP contribution in [0.3, 0.4) is 0 Å². The zero-order valence-corrected chi connectivity index (χ0v) is 7.93. The average Bonchev–Trinajstić information content (AvgIpc) is 2.07. The molecular formula is C10H10FNO2. The highest BCUT2D eigenvalue weighted by molar-refractivity contribution is 5.90. The molecule has 1 N–H and O–H groups in total. The topological polar surface area (TPSA) is 38.3 Å². The predicted octanol–water partition coefficient (Wildman–Crippen LogP) is 1.94. The molecule has 0 radical (unpaired) electrons. The zero-order chi connectivity index (χ0) is 10.3. The van der Waals surface area contributed by atoms with E-state index in [4.69, 9.17) is 4.74 Å². The molecule has 1 aliphatic rings. The van der Waals surface area contributed by atoms with Gasteiger partial charge in [0.1, 0.15) is 11.4 Å². The minimum absolute atomic E-state index is 0.356. The van der Waals surface area contributed by atoms with E-state index in [2.05, 4.69) is 5.32 Å². The number of benzene rings is 1. The fourth-order valence-corrected chi connectivity index (χ4v) is 1.30. The van der Waals surface area contributed by atoms with Gasteiger partial charge in [-0.15, -0.1) is 0 Å². The van der Waals surface area contributed by atoms with Crippen molar-refractivity contribution in [1.29, 1.82) is 0 Å². The van der Waals surface area contributed by atoms with Crippen LogP contribution in [0.25, 0.3) is 0 Å². The Morgan fingerprint density at radius 3 is 2.86 bits per heavy atom. The molecule has 0 unspecified atom stereocenters. The van der Waals surface area contributed by atoms with E-state index in [1.807, 2.05) is 0 Å². The number of hydrogen-bond donors (Lipinski definition) is 1. The van der Waals surface area contributed by atoms with Gasteiger partial charge in [-0.05, 0) is 26.0 Å². The molecule has 0 aliphatic carbocycles. The average molecular weight is 195 g/mol. The Hall–Kier alpha value is -1.58. The van der Waals surface area contributed by atoms with Crippen LogP contribution in [-0.2, 0) is 4.79 Å². The molecule has 0 saturated carbocycles. The largest absolute Gasteiger partial charge is 0.423 e. The summed E-state index contributed by atoms with van der Waals surface area (Å²) in [7, 11) is 0. The quantitative estimate of drug-likeness (QED) is 0.507. The van der Waals surface area contributed by atoms with Crippen molar-refractivity contribution in [3.63, 3.8) is 0 Å². The van der Waals surface area contributed by atoms with Gasteiger partial charge in [-0.3, -0.25) is 0 Å². The van der Waals surface area contributed by atoms with Crippen LogP contribution in [0, 0.1) is 5.82 Å². The summed E-state index contributed by atoms with van der Waals surface area (Å²) in [6, 6.07) is 4.00. The molecule has 1 heterocycles. The molecular weight excluding hydrogens is 185 g/mol. The molecule has 0 atom stereocenters. The highest BCUT2D eigenvalue weighted by Gasteiger charge is 2.35. The van der Waals surface area contributed by atoms with Crippen LogP contribution in [0.5, 0.6) is 5.75 Å². The zero-order valence-electron chi connectivity index (χ0n) is 7.93. The summed E-state index contributed by atoms with van der Waals surface area (Å²) in [5.74, 6) is -0.350. The highest BCUT2D eigenvalue weighted by atomic mass is 19.1. The fourth-order valence-electron chi connectivity index (χ4n) is 1.30. The van der Waals surface area contributed by atoms with Crippen LogP contribution in [-0.4, -0.2) is 11.5 Å². The van der Waals surface area contributed by atoms with Crippen LogP contribution < -0.4 is 10.1 Å². The Morgan fingerprint density at radius 1 is 1.43 bits per heavy atom. The molecule has 2 rings (SSSR count). The number of anilines is 1. The van der Waals surface area contributed by atoms with Gasteiger partial charge in [0, 0.05) is 6.07 Å². The van der Waals surface area contributed by atoms with Crippen molar-refractivity contribution in [2.24, 2.45) is 0 Å². The Labute approximate surface area is 80.9 Å². The second kappa shape index (κ2) is 2.70. The van der Waals surface area contributed by atoms with E-state index in [1.54, 1.807) is 13.8 Å². The third-order valence-electron chi connectivity index (χ3n) is 2.10. The number of nitrogens with one attached hydrogen (secondary N) is 1. The number of carbonyl (C=O) groups is 1. The number of ether oxygens (including phenoxy) is 1. The number of fused-ring (bicyclic) bond motifs is 1. The molecule has 1 aliphatic heterocycles. The number of carbonyl (C=O) groups excluding carboxylic acids is 1. The first-order valence-electron chi connectivity index (χ1n) is 4.29. The Morgan fingerprint density at radius 2 is 2.14 bits per heavy atom. The first-order valence-corrected chi connectivity index (χ1v) is 4.29. The van der Waals surface area contributed by atoms with E-state index < -0.39 is 5.54 Å². The molecule has 0 amide bonds. The predicted molar refractivity (Wildman–Crippen MR) is 49.7 cm³/mol. The van der Waals surface area contributed by atoms with E-state index >= 15 is 0 Å². The second-order valence-electron chi connectivity index (χ2n) is 3.78. The molecule has 14 heavy (non-hydrogen) atoms. The maximum atomic E-state index is 12.9. The molecule has 0 fully saturated rings. The summed E-state index contributed by atoms with van der Waals surface area (Å²) in [5, 5.41) is 2.91. The Balaban J connectivity index is 2.46. The van der Waals surface area contributed by atoms with E-state index in [0.29, 0.717) is 11.4 Å². The second-order valence-corrected chi connectivity index (χ2v) is 3.78. The molecule has 0 aromatic heterocycles. The summed E-state index contributed by atoms with van der Waals surface area (Å²) in [5.41, 5.74) is -0.296. The highest BCUT2D eigenvalue weighted by Crippen LogP contribution is 2.33. The van der Waals surface area contributed by atoms with Crippen LogP contribution in [0.15, 0.2) is 18.2 Å². The summed E-state index contributed by atoms with van der Waals surface area (Å²) in [4.78, 5) is 11.4. The smallest absolute Gasteiger partial charge is 0.336 e. The van der Waals surface area contributed by atoms with Crippen molar-refractivity contribution in [2.75, 3.05) is 5.32 Å². The van der Waals surface area contributed by atoms with E-state index in [9.17, 15) is 9.18 Å². The van der Waals surface area contributed by atoms with Crippen LogP contribution in [0.4, 0.5) is 10.1 Å². The third kappa shape index (κ3) is 1.32. The lowest BCUT2D eigenvalue weighted by Gasteiger charge is -2.31. The maximum absolute atomic E-state index is 12.9. The van der Waals surface area contributed by atoms with Gasteiger partial charge in [0.15, 0.2) is 5.75 Å². The van der Waals surface area contributed by atoms with Crippen molar-refractivity contribution < 1.29 is 13.9 Å². The Bertz CT molecular complexity index is 401. The van der Waals surface area contributed by atoms with E-state index in [0.717, 1.165) is 0 Å². The molecule has 0 spiro atoms. The van der Waals surface area contributed by atoms with Gasteiger partial charge in [-0.2, -0.15) is 0 Å². The fraction of sp³-hybridized carbons (Fsp3) is 0.300. The van der Waals surface area contributed by atoms with Gasteiger partial charge >= 0.3 is 5.97 Å². The van der Waals surface area contributed by atoms with Crippen molar-refractivity contribution in [1.82, 2.24) is 0 Å². The standard InChI is InChI=1S/C10H10FNO2/c1-10(2)9(13)14-8-4-3-6(11)5-7(8)12-10/h3-5,12H,1-2H3. The summed E-state index contributed by atoms with van der Waals surface area (Å²) in [6.07, 6.45) is 0. The van der Waals surface area contributed by atoms with Crippen LogP contribution >= 0.6 is 0 Å². The molecule has 0 bridgehead atoms. The van der Waals surface area contributed by atoms with Crippen molar-refractivity contribution in [2.45, 2.75) is 19.4 Å². The van der Waals surface area contributed by atoms with Gasteiger partial charge in [-0.1, -0.05) is 0 Å². The van der Waals surface area contributed by atoms with Crippen LogP contribution in [0.1, 0.15) is 13.8 Å². The number of halogens is 1. The molecule has 3 nitrogen and oxygen atoms in total. The number of hydrogen-bond acceptors (Lipinski definition) is 3. The van der Waals surface area contributed by atoms with Gasteiger partial charge in [0.25, 0.3) is 0 Å². The molecule has 1 aromatic carbocycles. The lowest BCUT2D eigenvalue weighted by molar-refractivity contribution is -0.139. The molecule has 4 heteroatoms. The molecule has 1 aromatic rings. The Kier molecular flexibility index (Phi) is 1.74. The first-order chi connectivity index (χ1) is 6.49. The first kappa shape index (κ1) is 8.99. The van der Waals surface area contributed by atoms with Crippen LogP contribution in [0.2, 0.25) is 0 Å². The summed E-state index contributed by atoms with van der Waals surface area (Å²) >= 11 is 0. The van der Waals surface area contributed by atoms with Crippen molar-refractivity contribution in [3.05, 3.63) is 24.0 Å². The van der Waals surface area contributed by atoms with Gasteiger partial charge in [-0.25, -0.2) is 9.18 Å². The molecule has 0 saturated heterocycles. The summed E-state index contributed by atoms with van der Waals surface area (Å²) in [6.45, 7) is 3.37. The lowest BCUT2D eigenvalue weighted by Crippen LogP contribution is -2.46. The maximum Gasteiger partial charge on any atom is 0.336 e. The number of esters is 1. The van der Waals surface area contributed by atoms with Gasteiger partial charge in [0.2, 0.25) is 0 Å². The molecule has 74 valence electrons.